The molecule has 0 aliphatic carbocycles. The summed E-state index contributed by atoms with van der Waals surface area (Å²) in [6, 6.07) is 9.34. The van der Waals surface area contributed by atoms with Crippen molar-refractivity contribution in [2.75, 3.05) is 15.8 Å². The third kappa shape index (κ3) is 4.42. The summed E-state index contributed by atoms with van der Waals surface area (Å²) < 4.78 is 25.2. The van der Waals surface area contributed by atoms with Gasteiger partial charge in [-0.1, -0.05) is 6.07 Å². The van der Waals surface area contributed by atoms with Gasteiger partial charge in [-0.25, -0.2) is 8.42 Å². The molecule has 0 atom stereocenters. The number of nitrogens with zero attached hydrogens (tertiary/aromatic N) is 2. The molecule has 1 aromatic heterocycles. The first-order valence-electron chi connectivity index (χ1n) is 6.57. The number of benzene rings is 1. The molecule has 0 spiro atoms. The summed E-state index contributed by atoms with van der Waals surface area (Å²) in [6.07, 6.45) is 0. The zero-order chi connectivity index (χ0) is 15.5. The molecule has 0 amide bonds. The van der Waals surface area contributed by atoms with Gasteiger partial charge in [0.2, 0.25) is 10.0 Å². The van der Waals surface area contributed by atoms with Crippen molar-refractivity contribution in [2.24, 2.45) is 0 Å². The van der Waals surface area contributed by atoms with E-state index in [0.29, 0.717) is 5.82 Å². The van der Waals surface area contributed by atoms with Crippen molar-refractivity contribution in [1.29, 1.82) is 0 Å². The van der Waals surface area contributed by atoms with E-state index in [-0.39, 0.29) is 11.6 Å². The second-order valence-electron chi connectivity index (χ2n) is 4.81. The summed E-state index contributed by atoms with van der Waals surface area (Å²) in [5.74, 6) is 0.763. The standard InChI is InChI=1S/C14H18N4O2S/c1-4-21(19,20)18-14-6-5-13(16-17-14)15-12-8-10(2)7-11(3)9-12/h5-9H,4H2,1-3H3,(H,15,16)(H,17,18). The van der Waals surface area contributed by atoms with E-state index in [1.165, 1.54) is 0 Å². The van der Waals surface area contributed by atoms with Crippen molar-refractivity contribution in [3.05, 3.63) is 41.5 Å². The molecule has 0 saturated carbocycles. The van der Waals surface area contributed by atoms with Crippen molar-refractivity contribution in [3.63, 3.8) is 0 Å². The monoisotopic (exact) mass is 306 g/mol. The Balaban J connectivity index is 2.12. The Kier molecular flexibility index (Phi) is 4.42. The quantitative estimate of drug-likeness (QED) is 0.887. The maximum Gasteiger partial charge on any atom is 0.233 e. The van der Waals surface area contributed by atoms with Gasteiger partial charge in [-0.05, 0) is 56.2 Å². The lowest BCUT2D eigenvalue weighted by Gasteiger charge is -2.08. The van der Waals surface area contributed by atoms with Crippen LogP contribution in [0.15, 0.2) is 30.3 Å². The smallest absolute Gasteiger partial charge is 0.233 e. The molecule has 2 rings (SSSR count). The highest BCUT2D eigenvalue weighted by atomic mass is 32.2. The molecule has 0 unspecified atom stereocenters. The minimum Gasteiger partial charge on any atom is -0.339 e. The topological polar surface area (TPSA) is 84.0 Å². The van der Waals surface area contributed by atoms with Crippen LogP contribution < -0.4 is 10.0 Å². The van der Waals surface area contributed by atoms with Crippen LogP contribution in [-0.2, 0) is 10.0 Å². The van der Waals surface area contributed by atoms with Crippen molar-refractivity contribution in [2.45, 2.75) is 20.8 Å². The molecule has 0 aliphatic heterocycles. The van der Waals surface area contributed by atoms with E-state index in [9.17, 15) is 8.42 Å². The number of hydrogen-bond acceptors (Lipinski definition) is 5. The lowest BCUT2D eigenvalue weighted by atomic mass is 10.1. The van der Waals surface area contributed by atoms with E-state index in [0.717, 1.165) is 16.8 Å². The molecule has 2 aromatic rings. The number of sulfonamides is 1. The van der Waals surface area contributed by atoms with E-state index in [1.807, 2.05) is 26.0 Å². The number of nitrogens with one attached hydrogen (secondary N) is 2. The lowest BCUT2D eigenvalue weighted by Crippen LogP contribution is -2.15. The molecule has 1 heterocycles. The summed E-state index contributed by atoms with van der Waals surface area (Å²) in [4.78, 5) is 0. The van der Waals surface area contributed by atoms with E-state index in [4.69, 9.17) is 0 Å². The number of anilines is 3. The molecule has 0 fully saturated rings. The van der Waals surface area contributed by atoms with Gasteiger partial charge in [0.05, 0.1) is 5.75 Å². The zero-order valence-electron chi connectivity index (χ0n) is 12.2. The summed E-state index contributed by atoms with van der Waals surface area (Å²) in [7, 11) is -3.33. The molecule has 21 heavy (non-hydrogen) atoms. The third-order valence-corrected chi connectivity index (χ3v) is 4.08. The van der Waals surface area contributed by atoms with Crippen LogP contribution in [0.25, 0.3) is 0 Å². The Morgan fingerprint density at radius 3 is 2.10 bits per heavy atom. The van der Waals surface area contributed by atoms with Gasteiger partial charge >= 0.3 is 0 Å². The van der Waals surface area contributed by atoms with E-state index >= 15 is 0 Å². The van der Waals surface area contributed by atoms with Gasteiger partial charge in [-0.3, -0.25) is 4.72 Å². The summed E-state index contributed by atoms with van der Waals surface area (Å²) >= 11 is 0. The van der Waals surface area contributed by atoms with E-state index < -0.39 is 10.0 Å². The molecule has 6 nitrogen and oxygen atoms in total. The normalized spacial score (nSPS) is 11.2. The second-order valence-corrected chi connectivity index (χ2v) is 6.82. The SMILES string of the molecule is CCS(=O)(=O)Nc1ccc(Nc2cc(C)cc(C)c2)nn1. The highest BCUT2D eigenvalue weighted by Crippen LogP contribution is 2.18. The Bertz CT molecular complexity index is 707. The van der Waals surface area contributed by atoms with Crippen LogP contribution >= 0.6 is 0 Å². The van der Waals surface area contributed by atoms with Crippen molar-refractivity contribution in [3.8, 4) is 0 Å². The molecule has 0 bridgehead atoms. The zero-order valence-corrected chi connectivity index (χ0v) is 13.0. The summed E-state index contributed by atoms with van der Waals surface area (Å²) in [5.41, 5.74) is 3.22. The Morgan fingerprint density at radius 2 is 1.57 bits per heavy atom. The molecule has 112 valence electrons. The number of rotatable bonds is 5. The maximum atomic E-state index is 11.4. The maximum absolute atomic E-state index is 11.4. The van der Waals surface area contributed by atoms with E-state index in [1.54, 1.807) is 19.1 Å². The Labute approximate surface area is 124 Å². The van der Waals surface area contributed by atoms with Crippen molar-refractivity contribution >= 4 is 27.3 Å². The van der Waals surface area contributed by atoms with Gasteiger partial charge < -0.3 is 5.32 Å². The predicted molar refractivity (Wildman–Crippen MR) is 84.3 cm³/mol. The second kappa shape index (κ2) is 6.09. The lowest BCUT2D eigenvalue weighted by molar-refractivity contribution is 0.602. The molecular weight excluding hydrogens is 288 g/mol. The Morgan fingerprint density at radius 1 is 1.00 bits per heavy atom. The number of aromatic nitrogens is 2. The number of aryl methyl sites for hydroxylation is 2. The molecular formula is C14H18N4O2S. The third-order valence-electron chi connectivity index (χ3n) is 2.80. The van der Waals surface area contributed by atoms with Crippen LogP contribution in [0, 0.1) is 13.8 Å². The fourth-order valence-corrected chi connectivity index (χ4v) is 2.45. The Hall–Kier alpha value is -2.15. The molecule has 7 heteroatoms. The first-order valence-corrected chi connectivity index (χ1v) is 8.23. The van der Waals surface area contributed by atoms with Crippen molar-refractivity contribution in [1.82, 2.24) is 10.2 Å². The van der Waals surface area contributed by atoms with Gasteiger partial charge in [0, 0.05) is 5.69 Å². The van der Waals surface area contributed by atoms with Crippen LogP contribution in [0.4, 0.5) is 17.3 Å². The van der Waals surface area contributed by atoms with Crippen LogP contribution in [0.3, 0.4) is 0 Å². The first-order chi connectivity index (χ1) is 9.88. The molecule has 0 radical (unpaired) electrons. The molecule has 0 aliphatic rings. The minimum absolute atomic E-state index is 0.00273. The first kappa shape index (κ1) is 15.2. The average Bonchev–Trinajstić information content (AvgIpc) is 2.39. The van der Waals surface area contributed by atoms with Gasteiger partial charge in [-0.2, -0.15) is 0 Å². The van der Waals surface area contributed by atoms with Crippen LogP contribution in [0.1, 0.15) is 18.1 Å². The van der Waals surface area contributed by atoms with Crippen LogP contribution in [0.2, 0.25) is 0 Å². The summed E-state index contributed by atoms with van der Waals surface area (Å²) in [6.45, 7) is 5.60. The number of hydrogen-bond donors (Lipinski definition) is 2. The van der Waals surface area contributed by atoms with Crippen LogP contribution in [-0.4, -0.2) is 24.4 Å². The highest BCUT2D eigenvalue weighted by Gasteiger charge is 2.08. The van der Waals surface area contributed by atoms with Gasteiger partial charge in [0.25, 0.3) is 0 Å². The summed E-state index contributed by atoms with van der Waals surface area (Å²) in [5, 5.41) is 11.0. The average molecular weight is 306 g/mol. The minimum atomic E-state index is -3.33. The van der Waals surface area contributed by atoms with Gasteiger partial charge in [0.15, 0.2) is 11.6 Å². The highest BCUT2D eigenvalue weighted by molar-refractivity contribution is 7.92. The molecule has 1 aromatic carbocycles. The van der Waals surface area contributed by atoms with Crippen LogP contribution in [0.5, 0.6) is 0 Å². The van der Waals surface area contributed by atoms with Crippen molar-refractivity contribution < 1.29 is 8.42 Å². The fraction of sp³-hybridized carbons (Fsp3) is 0.286. The van der Waals surface area contributed by atoms with Gasteiger partial charge in [0.1, 0.15) is 0 Å². The van der Waals surface area contributed by atoms with E-state index in [2.05, 4.69) is 26.3 Å². The molecule has 0 saturated heterocycles. The molecule has 2 N–H and O–H groups in total. The largest absolute Gasteiger partial charge is 0.339 e. The fourth-order valence-electron chi connectivity index (χ4n) is 1.88. The predicted octanol–water partition coefficient (Wildman–Crippen LogP) is 2.60. The van der Waals surface area contributed by atoms with Gasteiger partial charge in [-0.15, -0.1) is 10.2 Å².